The van der Waals surface area contributed by atoms with Crippen LogP contribution in [0.5, 0.6) is 5.75 Å². The number of fused-ring (bicyclic) bond motifs is 3. The average molecular weight is 795 g/mol. The summed E-state index contributed by atoms with van der Waals surface area (Å²) >= 11 is 0. The number of aliphatic imine (C=N–C) groups is 1. The van der Waals surface area contributed by atoms with Gasteiger partial charge in [0, 0.05) is 45.3 Å². The van der Waals surface area contributed by atoms with Gasteiger partial charge in [0.2, 0.25) is 0 Å². The van der Waals surface area contributed by atoms with Crippen LogP contribution in [-0.4, -0.2) is 16.4 Å². The number of ether oxygens (including phenoxy) is 1. The van der Waals surface area contributed by atoms with Gasteiger partial charge < -0.3 is 9.30 Å². The van der Waals surface area contributed by atoms with Gasteiger partial charge in [-0.3, -0.25) is 4.99 Å². The summed E-state index contributed by atoms with van der Waals surface area (Å²) in [5, 5.41) is 2.57. The van der Waals surface area contributed by atoms with Crippen LogP contribution in [0.2, 0.25) is 0 Å². The van der Waals surface area contributed by atoms with Crippen molar-refractivity contribution >= 4 is 27.5 Å². The van der Waals surface area contributed by atoms with Gasteiger partial charge in [-0.2, -0.15) is 0 Å². The molecule has 9 rings (SSSR count). The molecule has 0 radical (unpaired) electrons. The molecule has 302 valence electrons. The Morgan fingerprint density at radius 2 is 1.30 bits per heavy atom. The standard InChI is InChI=1S/C32H25N.C23H23NO.C3H6/c1-22-10-6-7-13-27(22)28-18-16-24(20-23(28)2)25-17-19-32-30(21-25)29-14-8-9-15-31(29)33(32)26-11-4-3-5-12-26;1-17(2)24-23(19-11-6-4-7-12-19)21-15-10-16-22(18(21)3)25-20-13-8-5-9-14-20;1-3-2/h3-21H,1-2H3;4-13,15-16,20H,1,14H2,2-3H3;3H,1H2,2H3. The van der Waals surface area contributed by atoms with E-state index in [-0.39, 0.29) is 6.10 Å². The van der Waals surface area contributed by atoms with Crippen molar-refractivity contribution in [3.8, 4) is 33.7 Å². The highest BCUT2D eigenvalue weighted by atomic mass is 16.5. The van der Waals surface area contributed by atoms with Crippen molar-refractivity contribution in [3.63, 3.8) is 0 Å². The van der Waals surface area contributed by atoms with Gasteiger partial charge in [-0.1, -0.05) is 158 Å². The third-order valence-corrected chi connectivity index (χ3v) is 10.8. The van der Waals surface area contributed by atoms with Gasteiger partial charge >= 0.3 is 0 Å². The van der Waals surface area contributed by atoms with Crippen molar-refractivity contribution in [3.05, 3.63) is 241 Å². The van der Waals surface area contributed by atoms with Crippen LogP contribution >= 0.6 is 0 Å². The molecule has 3 nitrogen and oxygen atoms in total. The van der Waals surface area contributed by atoms with Crippen molar-refractivity contribution in [2.24, 2.45) is 4.99 Å². The molecule has 0 saturated heterocycles. The maximum absolute atomic E-state index is 6.20. The highest BCUT2D eigenvalue weighted by Gasteiger charge is 2.16. The lowest BCUT2D eigenvalue weighted by molar-refractivity contribution is 0.250. The Bertz CT molecular complexity index is 2890. The minimum atomic E-state index is 0.0807. The lowest BCUT2D eigenvalue weighted by Gasteiger charge is -2.19. The Kier molecular flexibility index (Phi) is 13.5. The molecule has 0 fully saturated rings. The molecule has 0 spiro atoms. The smallest absolute Gasteiger partial charge is 0.123 e. The van der Waals surface area contributed by atoms with E-state index in [2.05, 4.69) is 190 Å². The summed E-state index contributed by atoms with van der Waals surface area (Å²) < 4.78 is 8.56. The summed E-state index contributed by atoms with van der Waals surface area (Å²) in [6.07, 6.45) is 11.0. The molecule has 3 heteroatoms. The molecule has 1 unspecified atom stereocenters. The molecule has 0 N–H and O–H groups in total. The maximum atomic E-state index is 6.20. The minimum absolute atomic E-state index is 0.0807. The Labute approximate surface area is 362 Å². The lowest BCUT2D eigenvalue weighted by atomic mass is 9.93. The fourth-order valence-corrected chi connectivity index (χ4v) is 7.90. The average Bonchev–Trinajstić information content (AvgIpc) is 3.62. The molecule has 1 aromatic heterocycles. The second kappa shape index (κ2) is 19.7. The number of aryl methyl sites for hydroxylation is 2. The Morgan fingerprint density at radius 1 is 0.656 bits per heavy atom. The number of para-hydroxylation sites is 2. The van der Waals surface area contributed by atoms with E-state index in [1.165, 1.54) is 60.9 Å². The summed E-state index contributed by atoms with van der Waals surface area (Å²) in [5.41, 5.74) is 16.3. The van der Waals surface area contributed by atoms with Crippen LogP contribution in [0.15, 0.2) is 218 Å². The van der Waals surface area contributed by atoms with E-state index in [0.717, 1.165) is 40.3 Å². The van der Waals surface area contributed by atoms with E-state index in [1.807, 2.05) is 50.3 Å². The lowest BCUT2D eigenvalue weighted by Crippen LogP contribution is -2.15. The zero-order chi connectivity index (χ0) is 42.7. The van der Waals surface area contributed by atoms with Crippen molar-refractivity contribution < 1.29 is 4.74 Å². The first-order valence-corrected chi connectivity index (χ1v) is 21.0. The van der Waals surface area contributed by atoms with Crippen LogP contribution in [0.3, 0.4) is 0 Å². The zero-order valence-electron chi connectivity index (χ0n) is 36.0. The van der Waals surface area contributed by atoms with E-state index < -0.39 is 0 Å². The number of nitrogens with zero attached hydrogens (tertiary/aromatic N) is 2. The predicted molar refractivity (Wildman–Crippen MR) is 262 cm³/mol. The van der Waals surface area contributed by atoms with Gasteiger partial charge in [-0.05, 0) is 110 Å². The third kappa shape index (κ3) is 9.64. The van der Waals surface area contributed by atoms with Gasteiger partial charge in [0.05, 0.1) is 16.7 Å². The summed E-state index contributed by atoms with van der Waals surface area (Å²) in [6.45, 7) is 17.6. The van der Waals surface area contributed by atoms with Crippen LogP contribution in [0, 0.1) is 20.8 Å². The van der Waals surface area contributed by atoms with Crippen LogP contribution in [0.1, 0.15) is 48.1 Å². The first kappa shape index (κ1) is 41.9. The van der Waals surface area contributed by atoms with E-state index in [1.54, 1.807) is 6.08 Å². The van der Waals surface area contributed by atoms with E-state index in [0.29, 0.717) is 0 Å². The Morgan fingerprint density at radius 3 is 2.00 bits per heavy atom. The zero-order valence-corrected chi connectivity index (χ0v) is 36.0. The highest BCUT2D eigenvalue weighted by molar-refractivity contribution is 6.14. The van der Waals surface area contributed by atoms with Crippen LogP contribution < -0.4 is 4.74 Å². The fourth-order valence-electron chi connectivity index (χ4n) is 7.90. The first-order valence-electron chi connectivity index (χ1n) is 21.0. The Balaban J connectivity index is 0.000000179. The second-order valence-electron chi connectivity index (χ2n) is 15.4. The molecule has 0 saturated carbocycles. The van der Waals surface area contributed by atoms with Crippen LogP contribution in [0.25, 0.3) is 49.7 Å². The topological polar surface area (TPSA) is 26.5 Å². The molecule has 1 aliphatic carbocycles. The summed E-state index contributed by atoms with van der Waals surface area (Å²) in [5.74, 6) is 0.896. The molecule has 0 amide bonds. The van der Waals surface area contributed by atoms with E-state index >= 15 is 0 Å². The maximum Gasteiger partial charge on any atom is 0.123 e. The van der Waals surface area contributed by atoms with E-state index in [9.17, 15) is 0 Å². The van der Waals surface area contributed by atoms with Crippen molar-refractivity contribution in [1.29, 1.82) is 0 Å². The van der Waals surface area contributed by atoms with Gasteiger partial charge in [0.25, 0.3) is 0 Å². The van der Waals surface area contributed by atoms with Crippen LogP contribution in [-0.2, 0) is 0 Å². The summed E-state index contributed by atoms with van der Waals surface area (Å²) in [6, 6.07) is 58.0. The molecule has 7 aromatic carbocycles. The second-order valence-corrected chi connectivity index (χ2v) is 15.4. The summed E-state index contributed by atoms with van der Waals surface area (Å²) in [7, 11) is 0. The monoisotopic (exact) mass is 794 g/mol. The summed E-state index contributed by atoms with van der Waals surface area (Å²) in [4.78, 5) is 4.71. The number of hydrogen-bond donors (Lipinski definition) is 0. The van der Waals surface area contributed by atoms with Crippen molar-refractivity contribution in [2.45, 2.75) is 47.1 Å². The molecular weight excluding hydrogens is 741 g/mol. The number of benzene rings is 7. The minimum Gasteiger partial charge on any atom is -0.486 e. The molecule has 1 heterocycles. The highest BCUT2D eigenvalue weighted by Crippen LogP contribution is 2.36. The number of allylic oxidation sites excluding steroid dienone is 4. The predicted octanol–water partition coefficient (Wildman–Crippen LogP) is 15.6. The van der Waals surface area contributed by atoms with Gasteiger partial charge in [0.1, 0.15) is 11.9 Å². The normalized spacial score (nSPS) is 13.2. The molecule has 1 atom stereocenters. The van der Waals surface area contributed by atoms with Crippen molar-refractivity contribution in [2.75, 3.05) is 0 Å². The largest absolute Gasteiger partial charge is 0.486 e. The molecule has 1 aliphatic rings. The molecule has 0 bridgehead atoms. The quantitative estimate of drug-likeness (QED) is 0.111. The molecule has 61 heavy (non-hydrogen) atoms. The molecule has 8 aromatic rings. The Hall–Kier alpha value is -7.23. The number of rotatable bonds is 8. The van der Waals surface area contributed by atoms with Gasteiger partial charge in [0.15, 0.2) is 0 Å². The fraction of sp³-hybridized carbons (Fsp3) is 0.121. The third-order valence-electron chi connectivity index (χ3n) is 10.8. The van der Waals surface area contributed by atoms with Gasteiger partial charge in [-0.15, -0.1) is 6.58 Å². The first-order chi connectivity index (χ1) is 29.8. The number of aromatic nitrogens is 1. The van der Waals surface area contributed by atoms with Crippen molar-refractivity contribution in [1.82, 2.24) is 4.57 Å². The van der Waals surface area contributed by atoms with Crippen LogP contribution in [0.4, 0.5) is 0 Å². The molecule has 0 aliphatic heterocycles. The number of hydrogen-bond acceptors (Lipinski definition) is 2. The van der Waals surface area contributed by atoms with E-state index in [4.69, 9.17) is 9.73 Å². The van der Waals surface area contributed by atoms with Gasteiger partial charge in [-0.25, -0.2) is 0 Å². The molecular formula is C58H54N2O. The SMILES string of the molecule is C=C(C)N=C(c1ccccc1)c1cccc(OC2C=CC=CC2)c1C.C=CC.Cc1ccccc1-c1ccc(-c2ccc3c(c2)c2ccccc2n3-c2ccccc2)cc1C.